The number of fused-ring (bicyclic) bond motifs is 1. The number of carbonyl (C=O) groups excluding carboxylic acids is 1. The lowest BCUT2D eigenvalue weighted by molar-refractivity contribution is -0.159. The Morgan fingerprint density at radius 3 is 2.21 bits per heavy atom. The Morgan fingerprint density at radius 1 is 0.923 bits per heavy atom. The predicted octanol–water partition coefficient (Wildman–Crippen LogP) is 2.73. The summed E-state index contributed by atoms with van der Waals surface area (Å²) in [5.74, 6) is -2.12. The minimum absolute atomic E-state index is 0.190. The number of hydrogen-bond acceptors (Lipinski definition) is 7. The third-order valence-electron chi connectivity index (χ3n) is 6.80. The molecule has 2 aromatic carbocycles. The van der Waals surface area contributed by atoms with E-state index >= 15 is 0 Å². The maximum atomic E-state index is 12.5. The van der Waals surface area contributed by atoms with Gasteiger partial charge in [0.1, 0.15) is 18.5 Å². The van der Waals surface area contributed by atoms with E-state index in [9.17, 15) is 9.90 Å². The van der Waals surface area contributed by atoms with Crippen LogP contribution in [0.5, 0.6) is 5.75 Å². The van der Waals surface area contributed by atoms with Crippen LogP contribution in [0.4, 0.5) is 11.4 Å². The molecule has 0 radical (unpaired) electrons. The topological polar surface area (TPSA) is 131 Å². The molecule has 1 amide bonds. The molecule has 0 aliphatic carbocycles. The number of aliphatic carboxylic acids is 2. The average Bonchev–Trinajstić information content (AvgIpc) is 2.92. The van der Waals surface area contributed by atoms with Gasteiger partial charge in [-0.05, 0) is 43.0 Å². The Hall–Kier alpha value is -3.63. The van der Waals surface area contributed by atoms with E-state index in [0.717, 1.165) is 56.1 Å². The number of para-hydroxylation sites is 1. The molecule has 1 fully saturated rings. The second kappa shape index (κ2) is 14.5. The summed E-state index contributed by atoms with van der Waals surface area (Å²) in [6.45, 7) is 9.75. The van der Waals surface area contributed by atoms with Gasteiger partial charge in [0, 0.05) is 56.9 Å². The Labute approximate surface area is 229 Å². The van der Waals surface area contributed by atoms with Crippen LogP contribution in [0.3, 0.4) is 0 Å². The van der Waals surface area contributed by atoms with Crippen LogP contribution in [0.25, 0.3) is 0 Å². The van der Waals surface area contributed by atoms with Gasteiger partial charge in [-0.15, -0.1) is 0 Å². The second-order valence-corrected chi connectivity index (χ2v) is 10.2. The number of aliphatic hydroxyl groups excluding tert-OH is 1. The van der Waals surface area contributed by atoms with Gasteiger partial charge in [0.15, 0.2) is 0 Å². The van der Waals surface area contributed by atoms with E-state index in [1.165, 1.54) is 5.69 Å². The SMILES string of the molecule is CC(C)CCN1C(=O)CCc2c(OCC(O)CN3CCN(c4ccccc4)CC3)cccc21.O=C(O)C(=O)O. The highest BCUT2D eigenvalue weighted by atomic mass is 16.5. The van der Waals surface area contributed by atoms with Crippen molar-refractivity contribution in [3.63, 3.8) is 0 Å². The molecule has 0 spiro atoms. The van der Waals surface area contributed by atoms with E-state index in [-0.39, 0.29) is 12.5 Å². The Balaban J connectivity index is 0.000000631. The molecule has 0 saturated carbocycles. The van der Waals surface area contributed by atoms with Gasteiger partial charge in [-0.1, -0.05) is 38.1 Å². The first-order chi connectivity index (χ1) is 18.7. The zero-order valence-electron chi connectivity index (χ0n) is 22.7. The molecule has 10 heteroatoms. The molecular formula is C29H39N3O7. The summed E-state index contributed by atoms with van der Waals surface area (Å²) in [6.07, 6.45) is 1.64. The van der Waals surface area contributed by atoms with Gasteiger partial charge in [-0.25, -0.2) is 9.59 Å². The van der Waals surface area contributed by atoms with Gasteiger partial charge < -0.3 is 29.9 Å². The second-order valence-electron chi connectivity index (χ2n) is 10.2. The number of carboxylic acid groups (broad SMARTS) is 2. The number of piperazine rings is 1. The first-order valence-electron chi connectivity index (χ1n) is 13.4. The zero-order chi connectivity index (χ0) is 28.4. The molecular weight excluding hydrogens is 502 g/mol. The molecule has 0 bridgehead atoms. The average molecular weight is 542 g/mol. The molecule has 10 nitrogen and oxygen atoms in total. The van der Waals surface area contributed by atoms with Gasteiger partial charge in [0.2, 0.25) is 5.91 Å². The highest BCUT2D eigenvalue weighted by Gasteiger charge is 2.27. The lowest BCUT2D eigenvalue weighted by Crippen LogP contribution is -2.49. The lowest BCUT2D eigenvalue weighted by atomic mass is 9.99. The zero-order valence-corrected chi connectivity index (χ0v) is 22.7. The highest BCUT2D eigenvalue weighted by molar-refractivity contribution is 6.27. The smallest absolute Gasteiger partial charge is 0.414 e. The van der Waals surface area contributed by atoms with E-state index in [4.69, 9.17) is 24.5 Å². The predicted molar refractivity (Wildman–Crippen MR) is 148 cm³/mol. The summed E-state index contributed by atoms with van der Waals surface area (Å²) < 4.78 is 6.08. The monoisotopic (exact) mass is 541 g/mol. The molecule has 39 heavy (non-hydrogen) atoms. The highest BCUT2D eigenvalue weighted by Crippen LogP contribution is 2.35. The fourth-order valence-electron chi connectivity index (χ4n) is 4.69. The van der Waals surface area contributed by atoms with Crippen molar-refractivity contribution in [1.82, 2.24) is 4.90 Å². The molecule has 2 aliphatic rings. The number of hydrogen-bond donors (Lipinski definition) is 3. The summed E-state index contributed by atoms with van der Waals surface area (Å²) in [5.41, 5.74) is 3.32. The number of carboxylic acids is 2. The number of amides is 1. The quantitative estimate of drug-likeness (QED) is 0.410. The molecule has 1 unspecified atom stereocenters. The molecule has 4 rings (SSSR count). The third-order valence-corrected chi connectivity index (χ3v) is 6.80. The molecule has 2 aromatic rings. The van der Waals surface area contributed by atoms with Crippen LogP contribution in [0.1, 0.15) is 32.3 Å². The van der Waals surface area contributed by atoms with E-state index in [1.54, 1.807) is 0 Å². The summed E-state index contributed by atoms with van der Waals surface area (Å²) in [5, 5.41) is 25.4. The number of benzene rings is 2. The van der Waals surface area contributed by atoms with Crippen molar-refractivity contribution in [1.29, 1.82) is 0 Å². The minimum Gasteiger partial charge on any atom is -0.490 e. The fourth-order valence-corrected chi connectivity index (χ4v) is 4.69. The van der Waals surface area contributed by atoms with Crippen molar-refractivity contribution in [2.24, 2.45) is 5.92 Å². The number of carbonyl (C=O) groups is 3. The molecule has 2 heterocycles. The number of anilines is 2. The Bertz CT molecular complexity index is 1090. The molecule has 3 N–H and O–H groups in total. The van der Waals surface area contributed by atoms with Crippen molar-refractivity contribution in [3.05, 3.63) is 54.1 Å². The van der Waals surface area contributed by atoms with Gasteiger partial charge in [0.05, 0.1) is 5.69 Å². The van der Waals surface area contributed by atoms with Crippen LogP contribution in [-0.2, 0) is 20.8 Å². The van der Waals surface area contributed by atoms with Crippen LogP contribution < -0.4 is 14.5 Å². The number of aliphatic hydroxyl groups is 1. The maximum absolute atomic E-state index is 12.5. The lowest BCUT2D eigenvalue weighted by Gasteiger charge is -2.37. The van der Waals surface area contributed by atoms with Gasteiger partial charge in [-0.3, -0.25) is 9.69 Å². The molecule has 212 valence electrons. The first-order valence-corrected chi connectivity index (χ1v) is 13.4. The number of ether oxygens (including phenoxy) is 1. The van der Waals surface area contributed by atoms with Crippen LogP contribution in [0, 0.1) is 5.92 Å². The number of β-amino-alcohol motifs (C(OH)–C–C–N with tert-alkyl or cyclic N) is 1. The molecule has 0 aromatic heterocycles. The Morgan fingerprint density at radius 2 is 1.59 bits per heavy atom. The largest absolute Gasteiger partial charge is 0.490 e. The summed E-state index contributed by atoms with van der Waals surface area (Å²) in [6, 6.07) is 16.4. The van der Waals surface area contributed by atoms with E-state index < -0.39 is 18.0 Å². The van der Waals surface area contributed by atoms with Crippen LogP contribution in [0.2, 0.25) is 0 Å². The summed E-state index contributed by atoms with van der Waals surface area (Å²) >= 11 is 0. The van der Waals surface area contributed by atoms with Crippen molar-refractivity contribution in [3.8, 4) is 5.75 Å². The molecule has 2 aliphatic heterocycles. The van der Waals surface area contributed by atoms with Crippen molar-refractivity contribution in [2.45, 2.75) is 39.2 Å². The summed E-state index contributed by atoms with van der Waals surface area (Å²) in [4.78, 5) is 37.3. The first kappa shape index (κ1) is 29.9. The molecule has 1 saturated heterocycles. The van der Waals surface area contributed by atoms with Crippen LogP contribution in [0.15, 0.2) is 48.5 Å². The standard InChI is InChI=1S/C27H37N3O3.C2H2O4/c1-21(2)13-14-30-25-9-6-10-26(24(25)11-12-27(30)32)33-20-23(31)19-28-15-17-29(18-16-28)22-7-4-3-5-8-22;3-1(4)2(5)6/h3-10,21,23,31H,11-20H2,1-2H3;(H,3,4)(H,5,6). The third kappa shape index (κ3) is 8.97. The van der Waals surface area contributed by atoms with E-state index in [0.29, 0.717) is 25.3 Å². The van der Waals surface area contributed by atoms with Crippen molar-refractivity contribution >= 4 is 29.2 Å². The number of rotatable bonds is 9. The number of nitrogens with zero attached hydrogens (tertiary/aromatic N) is 3. The van der Waals surface area contributed by atoms with Crippen molar-refractivity contribution < 1.29 is 34.4 Å². The van der Waals surface area contributed by atoms with E-state index in [1.807, 2.05) is 29.2 Å². The fraction of sp³-hybridized carbons (Fsp3) is 0.483. The van der Waals surface area contributed by atoms with Gasteiger partial charge in [0.25, 0.3) is 0 Å². The van der Waals surface area contributed by atoms with Gasteiger partial charge in [-0.2, -0.15) is 0 Å². The normalized spacial score (nSPS) is 16.3. The minimum atomic E-state index is -1.82. The van der Waals surface area contributed by atoms with Crippen molar-refractivity contribution in [2.75, 3.05) is 55.7 Å². The molecule has 1 atom stereocenters. The van der Waals surface area contributed by atoms with Crippen LogP contribution in [-0.4, -0.2) is 90.0 Å². The van der Waals surface area contributed by atoms with Gasteiger partial charge >= 0.3 is 11.9 Å². The van der Waals surface area contributed by atoms with E-state index in [2.05, 4.69) is 47.9 Å². The van der Waals surface area contributed by atoms with Crippen LogP contribution >= 0.6 is 0 Å². The Kier molecular flexibility index (Phi) is 11.1. The maximum Gasteiger partial charge on any atom is 0.414 e. The summed E-state index contributed by atoms with van der Waals surface area (Å²) in [7, 11) is 0.